The van der Waals surface area contributed by atoms with Gasteiger partial charge in [-0.3, -0.25) is 0 Å². The Balaban J connectivity index is 1.53. The number of aryl methyl sites for hydroxylation is 1. The van der Waals surface area contributed by atoms with E-state index >= 15 is 0 Å². The van der Waals surface area contributed by atoms with Crippen LogP contribution in [0.25, 0.3) is 0 Å². The molecule has 116 valence electrons. The summed E-state index contributed by atoms with van der Waals surface area (Å²) in [7, 11) is 0. The molecule has 21 heavy (non-hydrogen) atoms. The van der Waals surface area contributed by atoms with Crippen LogP contribution in [0.1, 0.15) is 55.6 Å². The summed E-state index contributed by atoms with van der Waals surface area (Å²) in [6, 6.07) is 0.483. The van der Waals surface area contributed by atoms with Gasteiger partial charge in [-0.05, 0) is 45.1 Å². The van der Waals surface area contributed by atoms with Crippen molar-refractivity contribution in [2.45, 2.75) is 63.7 Å². The number of nitrogens with zero attached hydrogens (tertiary/aromatic N) is 2. The fraction of sp³-hybridized carbons (Fsp3) is 0.812. The van der Waals surface area contributed by atoms with Gasteiger partial charge in [0.15, 0.2) is 5.13 Å². The molecular weight excluding hydrogens is 282 g/mol. The molecule has 3 atom stereocenters. The van der Waals surface area contributed by atoms with Crippen LogP contribution in [0.5, 0.6) is 0 Å². The SMILES string of the molecule is CCCNC1CCCc2sc(N3CC4CCC(C3)O4)nc21. The highest BCUT2D eigenvalue weighted by Crippen LogP contribution is 2.38. The Morgan fingerprint density at radius 2 is 2.10 bits per heavy atom. The lowest BCUT2D eigenvalue weighted by atomic mass is 9.97. The molecule has 3 unspecified atom stereocenters. The highest BCUT2D eigenvalue weighted by molar-refractivity contribution is 7.15. The Hall–Kier alpha value is -0.650. The number of morpholine rings is 1. The first-order valence-electron chi connectivity index (χ1n) is 8.47. The fourth-order valence-corrected chi connectivity index (χ4v) is 5.01. The van der Waals surface area contributed by atoms with Gasteiger partial charge in [0.25, 0.3) is 0 Å². The molecule has 1 aromatic heterocycles. The standard InChI is InChI=1S/C16H25N3OS/c1-2-8-17-13-4-3-5-14-15(13)18-16(21-14)19-9-11-6-7-12(10-19)20-11/h11-13,17H,2-10H2,1H3. The molecule has 2 saturated heterocycles. The van der Waals surface area contributed by atoms with E-state index in [1.54, 1.807) is 0 Å². The van der Waals surface area contributed by atoms with Crippen LogP contribution in [-0.4, -0.2) is 36.8 Å². The van der Waals surface area contributed by atoms with Crippen LogP contribution in [0.3, 0.4) is 0 Å². The van der Waals surface area contributed by atoms with Crippen LogP contribution in [0.2, 0.25) is 0 Å². The van der Waals surface area contributed by atoms with Gasteiger partial charge >= 0.3 is 0 Å². The maximum atomic E-state index is 5.95. The summed E-state index contributed by atoms with van der Waals surface area (Å²) >= 11 is 1.93. The Morgan fingerprint density at radius 3 is 2.86 bits per heavy atom. The predicted octanol–water partition coefficient (Wildman–Crippen LogP) is 2.89. The quantitative estimate of drug-likeness (QED) is 0.928. The van der Waals surface area contributed by atoms with Crippen LogP contribution < -0.4 is 10.2 Å². The van der Waals surface area contributed by atoms with Gasteiger partial charge in [-0.2, -0.15) is 0 Å². The maximum Gasteiger partial charge on any atom is 0.186 e. The van der Waals surface area contributed by atoms with Crippen LogP contribution in [0.15, 0.2) is 0 Å². The van der Waals surface area contributed by atoms with Crippen LogP contribution in [0, 0.1) is 0 Å². The van der Waals surface area contributed by atoms with Gasteiger partial charge in [-0.15, -0.1) is 11.3 Å². The summed E-state index contributed by atoms with van der Waals surface area (Å²) in [6.07, 6.45) is 8.29. The van der Waals surface area contributed by atoms with Crippen molar-refractivity contribution < 1.29 is 4.74 Å². The molecule has 1 N–H and O–H groups in total. The zero-order valence-corrected chi connectivity index (χ0v) is 13.6. The van der Waals surface area contributed by atoms with Gasteiger partial charge in [-0.25, -0.2) is 4.98 Å². The van der Waals surface area contributed by atoms with Gasteiger partial charge in [0.05, 0.1) is 23.9 Å². The minimum absolute atomic E-state index is 0.443. The molecule has 4 nitrogen and oxygen atoms in total. The smallest absolute Gasteiger partial charge is 0.186 e. The Bertz CT molecular complexity index is 492. The zero-order chi connectivity index (χ0) is 14.2. The summed E-state index contributed by atoms with van der Waals surface area (Å²) < 4.78 is 5.95. The second-order valence-electron chi connectivity index (χ2n) is 6.57. The van der Waals surface area contributed by atoms with Crippen molar-refractivity contribution in [2.75, 3.05) is 24.5 Å². The number of aromatic nitrogens is 1. The fourth-order valence-electron chi connectivity index (χ4n) is 3.83. The molecule has 0 amide bonds. The Kier molecular flexibility index (Phi) is 3.90. The number of nitrogens with one attached hydrogen (secondary N) is 1. The third-order valence-electron chi connectivity index (χ3n) is 4.90. The number of ether oxygens (including phenoxy) is 1. The van der Waals surface area contributed by atoms with Crippen molar-refractivity contribution in [3.8, 4) is 0 Å². The summed E-state index contributed by atoms with van der Waals surface area (Å²) in [5, 5.41) is 4.92. The minimum atomic E-state index is 0.443. The Labute approximate surface area is 130 Å². The van der Waals surface area contributed by atoms with Crippen LogP contribution in [0.4, 0.5) is 5.13 Å². The number of rotatable bonds is 4. The van der Waals surface area contributed by atoms with E-state index in [2.05, 4.69) is 17.1 Å². The van der Waals surface area contributed by atoms with E-state index in [9.17, 15) is 0 Å². The van der Waals surface area contributed by atoms with Crippen molar-refractivity contribution in [3.05, 3.63) is 10.6 Å². The third-order valence-corrected chi connectivity index (χ3v) is 6.09. The van der Waals surface area contributed by atoms with E-state index in [4.69, 9.17) is 9.72 Å². The zero-order valence-electron chi connectivity index (χ0n) is 12.8. The summed E-state index contributed by atoms with van der Waals surface area (Å²) in [5.41, 5.74) is 1.34. The van der Waals surface area contributed by atoms with Gasteiger partial charge in [0.2, 0.25) is 0 Å². The van der Waals surface area contributed by atoms with E-state index in [1.165, 1.54) is 54.2 Å². The second-order valence-corrected chi connectivity index (χ2v) is 7.63. The number of hydrogen-bond acceptors (Lipinski definition) is 5. The molecule has 4 rings (SSSR count). The molecule has 0 radical (unpaired) electrons. The van der Waals surface area contributed by atoms with Crippen molar-refractivity contribution in [3.63, 3.8) is 0 Å². The lowest BCUT2D eigenvalue weighted by molar-refractivity contribution is 0.0304. The highest BCUT2D eigenvalue weighted by atomic mass is 32.1. The van der Waals surface area contributed by atoms with E-state index in [-0.39, 0.29) is 0 Å². The van der Waals surface area contributed by atoms with Crippen molar-refractivity contribution >= 4 is 16.5 Å². The van der Waals surface area contributed by atoms with Gasteiger partial charge in [0.1, 0.15) is 0 Å². The molecule has 3 aliphatic rings. The lowest BCUT2D eigenvalue weighted by Gasteiger charge is -2.31. The van der Waals surface area contributed by atoms with Crippen molar-refractivity contribution in [2.24, 2.45) is 0 Å². The molecule has 0 aromatic carbocycles. The maximum absolute atomic E-state index is 5.95. The molecule has 1 aromatic rings. The molecule has 0 spiro atoms. The second kappa shape index (κ2) is 5.86. The number of thiazole rings is 1. The Morgan fingerprint density at radius 1 is 1.29 bits per heavy atom. The molecule has 5 heteroatoms. The molecule has 0 saturated carbocycles. The molecule has 1 aliphatic carbocycles. The van der Waals surface area contributed by atoms with Gasteiger partial charge < -0.3 is 15.0 Å². The van der Waals surface area contributed by atoms with Gasteiger partial charge in [-0.1, -0.05) is 6.92 Å². The molecule has 3 heterocycles. The average molecular weight is 307 g/mol. The topological polar surface area (TPSA) is 37.4 Å². The van der Waals surface area contributed by atoms with Crippen LogP contribution >= 0.6 is 11.3 Å². The first-order valence-corrected chi connectivity index (χ1v) is 9.28. The highest BCUT2D eigenvalue weighted by Gasteiger charge is 2.35. The van der Waals surface area contributed by atoms with E-state index < -0.39 is 0 Å². The van der Waals surface area contributed by atoms with E-state index in [1.807, 2.05) is 11.3 Å². The molecule has 2 fully saturated rings. The van der Waals surface area contributed by atoms with Crippen LogP contribution in [-0.2, 0) is 11.2 Å². The van der Waals surface area contributed by atoms with E-state index in [0.717, 1.165) is 19.6 Å². The largest absolute Gasteiger partial charge is 0.371 e. The summed E-state index contributed by atoms with van der Waals surface area (Å²) in [4.78, 5) is 9.03. The van der Waals surface area contributed by atoms with E-state index in [0.29, 0.717) is 18.2 Å². The summed E-state index contributed by atoms with van der Waals surface area (Å²) in [5.74, 6) is 0. The molecular formula is C16H25N3OS. The van der Waals surface area contributed by atoms with Crippen molar-refractivity contribution in [1.29, 1.82) is 0 Å². The number of anilines is 1. The average Bonchev–Trinajstić information content (AvgIpc) is 3.08. The number of hydrogen-bond donors (Lipinski definition) is 1. The van der Waals surface area contributed by atoms with Gasteiger partial charge in [0, 0.05) is 18.0 Å². The minimum Gasteiger partial charge on any atom is -0.371 e. The lowest BCUT2D eigenvalue weighted by Crippen LogP contribution is -2.42. The summed E-state index contributed by atoms with van der Waals surface area (Å²) in [6.45, 7) is 5.40. The first kappa shape index (κ1) is 14.0. The molecule has 2 bridgehead atoms. The van der Waals surface area contributed by atoms with Crippen molar-refractivity contribution in [1.82, 2.24) is 10.3 Å². The molecule has 2 aliphatic heterocycles. The predicted molar refractivity (Wildman–Crippen MR) is 86.2 cm³/mol. The third kappa shape index (κ3) is 2.71. The first-order chi connectivity index (χ1) is 10.3. The normalized spacial score (nSPS) is 31.5. The number of fused-ring (bicyclic) bond motifs is 3. The monoisotopic (exact) mass is 307 g/mol.